The van der Waals surface area contributed by atoms with E-state index in [0.717, 1.165) is 4.88 Å². The van der Waals surface area contributed by atoms with Crippen LogP contribution in [0.3, 0.4) is 0 Å². The van der Waals surface area contributed by atoms with Crippen LogP contribution in [0.2, 0.25) is 0 Å². The minimum atomic E-state index is -1.32. The molecule has 5 rings (SSSR count). The fraction of sp³-hybridized carbons (Fsp3) is 0.281. The number of anilines is 1. The molecule has 0 amide bonds. The van der Waals surface area contributed by atoms with E-state index < -0.39 is 46.2 Å². The molecule has 2 aliphatic rings. The van der Waals surface area contributed by atoms with E-state index in [4.69, 9.17) is 15.2 Å². The number of rotatable bonds is 8. The average Bonchev–Trinajstić information content (AvgIpc) is 3.52. The lowest BCUT2D eigenvalue weighted by Gasteiger charge is -2.44. The van der Waals surface area contributed by atoms with E-state index in [1.807, 2.05) is 11.4 Å². The van der Waals surface area contributed by atoms with Gasteiger partial charge in [0.15, 0.2) is 5.78 Å². The van der Waals surface area contributed by atoms with Crippen LogP contribution in [0.15, 0.2) is 82.6 Å². The van der Waals surface area contributed by atoms with Crippen molar-refractivity contribution in [3.05, 3.63) is 115 Å². The summed E-state index contributed by atoms with van der Waals surface area (Å²) in [4.78, 5) is 55.2. The van der Waals surface area contributed by atoms with Crippen LogP contribution < -0.4 is 10.6 Å². The molecule has 44 heavy (non-hydrogen) atoms. The number of esters is 2. The number of thiophene rings is 1. The number of allylic oxidation sites excluding steroid dienone is 2. The van der Waals surface area contributed by atoms with Gasteiger partial charge in [0, 0.05) is 39.8 Å². The molecule has 0 saturated carbocycles. The molecule has 1 aliphatic heterocycles. The summed E-state index contributed by atoms with van der Waals surface area (Å²) in [6.07, 6.45) is 0.0644. The van der Waals surface area contributed by atoms with Gasteiger partial charge in [-0.15, -0.1) is 11.3 Å². The summed E-state index contributed by atoms with van der Waals surface area (Å²) < 4.78 is 26.3. The normalized spacial score (nSPS) is 20.0. The SMILES string of the molecule is CCOC(=O)C1=C(N)N(c2cc([N+](=O)[O-])ccc2C)C2=C(C(=O)[C@H](C(=O)OCC)[C@@H](c3cccs3)C2)[C@@H]1c1ccccc1F. The molecule has 10 nitrogen and oxygen atoms in total. The largest absolute Gasteiger partial charge is 0.465 e. The van der Waals surface area contributed by atoms with Crippen LogP contribution in [0.1, 0.15) is 48.1 Å². The summed E-state index contributed by atoms with van der Waals surface area (Å²) in [6, 6.07) is 13.5. The molecule has 0 bridgehead atoms. The maximum absolute atomic E-state index is 15.6. The number of nitrogens with zero attached hydrogens (tertiary/aromatic N) is 2. The topological polar surface area (TPSA) is 142 Å². The molecular formula is C32H30FN3O7S. The van der Waals surface area contributed by atoms with E-state index in [9.17, 15) is 24.5 Å². The van der Waals surface area contributed by atoms with Gasteiger partial charge in [-0.25, -0.2) is 9.18 Å². The molecule has 0 radical (unpaired) electrons. The molecule has 0 spiro atoms. The first kappa shape index (κ1) is 30.6. The highest BCUT2D eigenvalue weighted by atomic mass is 32.1. The van der Waals surface area contributed by atoms with E-state index in [1.165, 1.54) is 52.6 Å². The lowest BCUT2D eigenvalue weighted by atomic mass is 9.68. The van der Waals surface area contributed by atoms with E-state index >= 15 is 4.39 Å². The third-order valence-corrected chi connectivity index (χ3v) is 8.85. The highest BCUT2D eigenvalue weighted by Crippen LogP contribution is 2.53. The van der Waals surface area contributed by atoms with Crippen molar-refractivity contribution in [3.8, 4) is 0 Å². The minimum absolute atomic E-state index is 0.00745. The van der Waals surface area contributed by atoms with Gasteiger partial charge in [0.2, 0.25) is 0 Å². The van der Waals surface area contributed by atoms with E-state index in [2.05, 4.69) is 0 Å². The van der Waals surface area contributed by atoms with Crippen molar-refractivity contribution >= 4 is 40.4 Å². The standard InChI is InChI=1S/C32H30FN3O7S/c1-4-42-31(38)26-20(24-11-8-14-44-24)16-23-27(29(26)37)25(19-9-6-7-10-21(19)33)28(32(39)43-5-2)30(34)35(23)22-15-18(36(40)41)13-12-17(22)3/h6-15,20,25-26H,4-5,16,34H2,1-3H3/t20-,25+,26-/m1/s1. The molecule has 0 fully saturated rings. The molecule has 228 valence electrons. The maximum atomic E-state index is 15.6. The van der Waals surface area contributed by atoms with Gasteiger partial charge in [-0.05, 0) is 50.3 Å². The van der Waals surface area contributed by atoms with Crippen molar-refractivity contribution in [1.29, 1.82) is 0 Å². The first-order valence-electron chi connectivity index (χ1n) is 14.0. The maximum Gasteiger partial charge on any atom is 0.338 e. The molecule has 2 N–H and O–H groups in total. The van der Waals surface area contributed by atoms with Gasteiger partial charge in [-0.1, -0.05) is 30.3 Å². The average molecular weight is 620 g/mol. The lowest BCUT2D eigenvalue weighted by molar-refractivity contribution is -0.384. The Morgan fingerprint density at radius 3 is 2.48 bits per heavy atom. The molecule has 0 unspecified atom stereocenters. The molecule has 3 atom stereocenters. The summed E-state index contributed by atoms with van der Waals surface area (Å²) in [7, 11) is 0. The number of benzene rings is 2. The van der Waals surface area contributed by atoms with Crippen molar-refractivity contribution in [2.75, 3.05) is 18.1 Å². The van der Waals surface area contributed by atoms with Gasteiger partial charge >= 0.3 is 11.9 Å². The molecule has 3 aromatic rings. The Morgan fingerprint density at radius 2 is 1.84 bits per heavy atom. The number of nitro benzene ring substituents is 1. The number of Topliss-reactive ketones (excluding diaryl/α,β-unsaturated/α-hetero) is 1. The number of aryl methyl sites for hydroxylation is 1. The number of carbonyl (C=O) groups is 3. The predicted molar refractivity (Wildman–Crippen MR) is 161 cm³/mol. The third-order valence-electron chi connectivity index (χ3n) is 7.84. The zero-order valence-corrected chi connectivity index (χ0v) is 25.1. The number of non-ortho nitro benzene ring substituents is 1. The number of hydrogen-bond donors (Lipinski definition) is 1. The monoisotopic (exact) mass is 619 g/mol. The minimum Gasteiger partial charge on any atom is -0.465 e. The van der Waals surface area contributed by atoms with Gasteiger partial charge in [0.1, 0.15) is 17.6 Å². The van der Waals surface area contributed by atoms with Gasteiger partial charge < -0.3 is 15.2 Å². The van der Waals surface area contributed by atoms with Crippen molar-refractivity contribution < 1.29 is 33.2 Å². The van der Waals surface area contributed by atoms with Crippen LogP contribution in [-0.4, -0.2) is 35.9 Å². The molecule has 12 heteroatoms. The lowest BCUT2D eigenvalue weighted by Crippen LogP contribution is -2.46. The second-order valence-electron chi connectivity index (χ2n) is 10.3. The number of nitrogens with two attached hydrogens (primary N) is 1. The second-order valence-corrected chi connectivity index (χ2v) is 11.3. The number of ether oxygens (including phenoxy) is 2. The van der Waals surface area contributed by atoms with Gasteiger partial charge in [-0.2, -0.15) is 0 Å². The van der Waals surface area contributed by atoms with E-state index in [0.29, 0.717) is 11.3 Å². The Bertz CT molecular complexity index is 1720. The second kappa shape index (κ2) is 12.4. The fourth-order valence-corrected chi connectivity index (χ4v) is 6.82. The summed E-state index contributed by atoms with van der Waals surface area (Å²) in [6.45, 7) is 4.93. The van der Waals surface area contributed by atoms with Crippen LogP contribution in [0, 0.1) is 28.8 Å². The Hall–Kier alpha value is -4.84. The van der Waals surface area contributed by atoms with Crippen LogP contribution >= 0.6 is 11.3 Å². The molecule has 2 heterocycles. The van der Waals surface area contributed by atoms with E-state index in [-0.39, 0.29) is 53.5 Å². The summed E-state index contributed by atoms with van der Waals surface area (Å²) in [5.41, 5.74) is 7.43. The van der Waals surface area contributed by atoms with Crippen LogP contribution in [0.4, 0.5) is 15.8 Å². The zero-order valence-electron chi connectivity index (χ0n) is 24.2. The molecule has 1 aromatic heterocycles. The Labute approximate surface area is 256 Å². The first-order valence-corrected chi connectivity index (χ1v) is 14.9. The predicted octanol–water partition coefficient (Wildman–Crippen LogP) is 5.63. The summed E-state index contributed by atoms with van der Waals surface area (Å²) >= 11 is 1.36. The van der Waals surface area contributed by atoms with Gasteiger partial charge in [-0.3, -0.25) is 24.6 Å². The highest BCUT2D eigenvalue weighted by Gasteiger charge is 2.52. The Kier molecular flexibility index (Phi) is 8.63. The van der Waals surface area contributed by atoms with Gasteiger partial charge in [0.25, 0.3) is 5.69 Å². The van der Waals surface area contributed by atoms with Crippen molar-refractivity contribution in [1.82, 2.24) is 0 Å². The molecule has 0 saturated heterocycles. The highest BCUT2D eigenvalue weighted by molar-refractivity contribution is 7.10. The number of ketones is 1. The van der Waals surface area contributed by atoms with Crippen LogP contribution in [-0.2, 0) is 23.9 Å². The van der Waals surface area contributed by atoms with Crippen molar-refractivity contribution in [3.63, 3.8) is 0 Å². The molecule has 2 aromatic carbocycles. The van der Waals surface area contributed by atoms with Crippen LogP contribution in [0.5, 0.6) is 0 Å². The molecule has 1 aliphatic carbocycles. The quantitative estimate of drug-likeness (QED) is 0.147. The Balaban J connectivity index is 1.87. The van der Waals surface area contributed by atoms with Crippen molar-refractivity contribution in [2.24, 2.45) is 11.7 Å². The number of halogens is 1. The first-order chi connectivity index (χ1) is 21.1. The zero-order chi connectivity index (χ0) is 31.7. The van der Waals surface area contributed by atoms with Crippen LogP contribution in [0.25, 0.3) is 0 Å². The van der Waals surface area contributed by atoms with Crippen molar-refractivity contribution in [2.45, 2.75) is 39.0 Å². The smallest absolute Gasteiger partial charge is 0.338 e. The fourth-order valence-electron chi connectivity index (χ4n) is 5.96. The number of hydrogen-bond acceptors (Lipinski definition) is 10. The molecular weight excluding hydrogens is 589 g/mol. The summed E-state index contributed by atoms with van der Waals surface area (Å²) in [5.74, 6) is -6.44. The van der Waals surface area contributed by atoms with E-state index in [1.54, 1.807) is 32.9 Å². The number of nitro groups is 1. The van der Waals surface area contributed by atoms with Gasteiger partial charge in [0.05, 0.1) is 35.3 Å². The summed E-state index contributed by atoms with van der Waals surface area (Å²) in [5, 5.41) is 13.6. The number of carbonyl (C=O) groups excluding carboxylic acids is 3. The Morgan fingerprint density at radius 1 is 1.11 bits per heavy atom. The third kappa shape index (κ3) is 5.25.